The molecular weight excluding hydrogens is 462 g/mol. The van der Waals surface area contributed by atoms with Gasteiger partial charge in [-0.25, -0.2) is 4.98 Å². The van der Waals surface area contributed by atoms with Gasteiger partial charge in [0.05, 0.1) is 10.2 Å². The van der Waals surface area contributed by atoms with E-state index in [4.69, 9.17) is 4.42 Å². The summed E-state index contributed by atoms with van der Waals surface area (Å²) in [5.41, 5.74) is 0.587. The molecule has 0 unspecified atom stereocenters. The van der Waals surface area contributed by atoms with Crippen LogP contribution in [0.15, 0.2) is 55.2 Å². The number of thioether (sulfide) groups is 1. The second kappa shape index (κ2) is 7.86. The van der Waals surface area contributed by atoms with Crippen molar-refractivity contribution in [1.82, 2.24) is 20.2 Å². The molecule has 0 aromatic carbocycles. The van der Waals surface area contributed by atoms with Gasteiger partial charge in [-0.1, -0.05) is 17.8 Å². The summed E-state index contributed by atoms with van der Waals surface area (Å²) in [6.45, 7) is 0. The molecule has 0 fully saturated rings. The third-order valence-corrected chi connectivity index (χ3v) is 4.54. The van der Waals surface area contributed by atoms with Crippen molar-refractivity contribution in [2.75, 3.05) is 11.1 Å². The van der Waals surface area contributed by atoms with E-state index in [2.05, 4.69) is 57.3 Å². The first-order valence-corrected chi connectivity index (χ1v) is 9.17. The van der Waals surface area contributed by atoms with E-state index in [-0.39, 0.29) is 11.7 Å². The van der Waals surface area contributed by atoms with Crippen molar-refractivity contribution in [1.29, 1.82) is 0 Å². The molecule has 3 aromatic rings. The van der Waals surface area contributed by atoms with Gasteiger partial charge >= 0.3 is 0 Å². The number of pyridine rings is 2. The van der Waals surface area contributed by atoms with Gasteiger partial charge in [0.25, 0.3) is 11.1 Å². The van der Waals surface area contributed by atoms with Crippen LogP contribution in [-0.2, 0) is 4.79 Å². The van der Waals surface area contributed by atoms with Crippen LogP contribution in [0.1, 0.15) is 0 Å². The van der Waals surface area contributed by atoms with Gasteiger partial charge in [0.1, 0.15) is 11.5 Å². The smallest absolute Gasteiger partial charge is 0.277 e. The third kappa shape index (κ3) is 4.40. The Morgan fingerprint density at radius 3 is 2.88 bits per heavy atom. The lowest BCUT2D eigenvalue weighted by molar-refractivity contribution is -0.113. The Hall–Kier alpha value is -1.78. The third-order valence-electron chi connectivity index (χ3n) is 2.68. The van der Waals surface area contributed by atoms with Crippen LogP contribution < -0.4 is 5.32 Å². The van der Waals surface area contributed by atoms with Crippen LogP contribution in [0.25, 0.3) is 11.6 Å². The van der Waals surface area contributed by atoms with E-state index in [0.29, 0.717) is 27.1 Å². The van der Waals surface area contributed by atoms with Gasteiger partial charge in [0.15, 0.2) is 0 Å². The molecule has 0 aliphatic carbocycles. The molecule has 0 saturated heterocycles. The summed E-state index contributed by atoms with van der Waals surface area (Å²) in [4.78, 5) is 20.2. The lowest BCUT2D eigenvalue weighted by Gasteiger charge is -2.05. The Kier molecular flexibility index (Phi) is 5.59. The Labute approximate surface area is 157 Å². The molecule has 24 heavy (non-hydrogen) atoms. The lowest BCUT2D eigenvalue weighted by atomic mass is 10.3. The average Bonchev–Trinajstić information content (AvgIpc) is 3.05. The zero-order valence-corrected chi connectivity index (χ0v) is 15.9. The second-order valence-electron chi connectivity index (χ2n) is 4.41. The number of anilines is 1. The molecule has 0 saturated carbocycles. The number of amides is 1. The number of halogens is 2. The highest BCUT2D eigenvalue weighted by molar-refractivity contribution is 9.11. The van der Waals surface area contributed by atoms with E-state index < -0.39 is 0 Å². The highest BCUT2D eigenvalue weighted by Crippen LogP contribution is 2.25. The van der Waals surface area contributed by atoms with Gasteiger partial charge in [-0.05, 0) is 50.1 Å². The van der Waals surface area contributed by atoms with Crippen LogP contribution in [0.5, 0.6) is 0 Å². The van der Waals surface area contributed by atoms with E-state index in [0.717, 1.165) is 16.2 Å². The first-order valence-electron chi connectivity index (χ1n) is 6.60. The highest BCUT2D eigenvalue weighted by atomic mass is 79.9. The van der Waals surface area contributed by atoms with Gasteiger partial charge in [0.2, 0.25) is 5.91 Å². The summed E-state index contributed by atoms with van der Waals surface area (Å²) in [6.07, 6.45) is 3.24. The first-order chi connectivity index (χ1) is 11.6. The molecule has 10 heteroatoms. The van der Waals surface area contributed by atoms with E-state index in [1.807, 2.05) is 6.07 Å². The van der Waals surface area contributed by atoms with E-state index in [9.17, 15) is 4.79 Å². The molecule has 1 amide bonds. The average molecular weight is 471 g/mol. The Bertz CT molecular complexity index is 859. The summed E-state index contributed by atoms with van der Waals surface area (Å²) in [7, 11) is 0. The number of nitrogens with one attached hydrogen (secondary N) is 1. The molecule has 3 rings (SSSR count). The highest BCUT2D eigenvalue weighted by Gasteiger charge is 2.13. The quantitative estimate of drug-likeness (QED) is 0.567. The molecular formula is C14H9Br2N5O2S. The zero-order valence-electron chi connectivity index (χ0n) is 11.9. The largest absolute Gasteiger partial charge is 0.410 e. The molecule has 0 radical (unpaired) electrons. The van der Waals surface area contributed by atoms with Gasteiger partial charge in [-0.3, -0.25) is 9.78 Å². The number of rotatable bonds is 5. The Morgan fingerprint density at radius 2 is 2.12 bits per heavy atom. The maximum Gasteiger partial charge on any atom is 0.277 e. The van der Waals surface area contributed by atoms with Crippen molar-refractivity contribution in [3.8, 4) is 11.6 Å². The van der Waals surface area contributed by atoms with Crippen molar-refractivity contribution in [3.05, 3.63) is 45.6 Å². The van der Waals surface area contributed by atoms with Crippen molar-refractivity contribution in [2.45, 2.75) is 5.22 Å². The van der Waals surface area contributed by atoms with Crippen molar-refractivity contribution >= 4 is 55.3 Å². The van der Waals surface area contributed by atoms with Crippen molar-refractivity contribution in [3.63, 3.8) is 0 Å². The standard InChI is InChI=1S/C14H9Br2N5O2S/c15-8-5-9(16)12(18-6-8)19-11(22)7-24-14-21-20-13(23-14)10-3-1-2-4-17-10/h1-6H,7H2,(H,18,19,22). The Balaban J connectivity index is 1.58. The second-order valence-corrected chi connectivity index (χ2v) is 7.11. The van der Waals surface area contributed by atoms with Crippen LogP contribution >= 0.6 is 43.6 Å². The molecule has 0 spiro atoms. The fraction of sp³-hybridized carbons (Fsp3) is 0.0714. The number of carbonyl (C=O) groups is 1. The molecule has 122 valence electrons. The monoisotopic (exact) mass is 469 g/mol. The number of nitrogens with zero attached hydrogens (tertiary/aromatic N) is 4. The maximum atomic E-state index is 12.0. The SMILES string of the molecule is O=C(CSc1nnc(-c2ccccn2)o1)Nc1ncc(Br)cc1Br. The topological polar surface area (TPSA) is 93.8 Å². The van der Waals surface area contributed by atoms with Gasteiger partial charge < -0.3 is 9.73 Å². The maximum absolute atomic E-state index is 12.0. The fourth-order valence-electron chi connectivity index (χ4n) is 1.66. The molecule has 3 heterocycles. The van der Waals surface area contributed by atoms with E-state index in [1.165, 1.54) is 0 Å². The number of carbonyl (C=O) groups excluding carboxylic acids is 1. The minimum Gasteiger partial charge on any atom is -0.410 e. The Morgan fingerprint density at radius 1 is 1.25 bits per heavy atom. The molecule has 3 aromatic heterocycles. The number of hydrogen-bond donors (Lipinski definition) is 1. The van der Waals surface area contributed by atoms with Crippen LogP contribution in [0.3, 0.4) is 0 Å². The van der Waals surface area contributed by atoms with Crippen molar-refractivity contribution < 1.29 is 9.21 Å². The zero-order chi connectivity index (χ0) is 16.9. The van der Waals surface area contributed by atoms with Crippen LogP contribution in [0, 0.1) is 0 Å². The lowest BCUT2D eigenvalue weighted by Crippen LogP contribution is -2.15. The molecule has 0 aliphatic heterocycles. The predicted octanol–water partition coefficient (Wildman–Crippen LogP) is 3.78. The summed E-state index contributed by atoms with van der Waals surface area (Å²) < 4.78 is 6.98. The van der Waals surface area contributed by atoms with Crippen LogP contribution in [0.4, 0.5) is 5.82 Å². The molecule has 1 N–H and O–H groups in total. The van der Waals surface area contributed by atoms with Crippen LogP contribution in [0.2, 0.25) is 0 Å². The minimum absolute atomic E-state index is 0.119. The van der Waals surface area contributed by atoms with Gasteiger partial charge in [-0.15, -0.1) is 10.2 Å². The number of hydrogen-bond acceptors (Lipinski definition) is 7. The molecule has 0 aliphatic rings. The van der Waals surface area contributed by atoms with E-state index in [1.54, 1.807) is 30.6 Å². The van der Waals surface area contributed by atoms with Gasteiger partial charge in [0, 0.05) is 16.9 Å². The molecule has 7 nitrogen and oxygen atoms in total. The van der Waals surface area contributed by atoms with Crippen LogP contribution in [-0.4, -0.2) is 31.8 Å². The van der Waals surface area contributed by atoms with Crippen molar-refractivity contribution in [2.24, 2.45) is 0 Å². The summed E-state index contributed by atoms with van der Waals surface area (Å²) in [5.74, 6) is 0.654. The summed E-state index contributed by atoms with van der Waals surface area (Å²) >= 11 is 7.78. The summed E-state index contributed by atoms with van der Waals surface area (Å²) in [5, 5.41) is 10.8. The first kappa shape index (κ1) is 17.1. The number of aromatic nitrogens is 4. The molecule has 0 atom stereocenters. The summed E-state index contributed by atoms with van der Waals surface area (Å²) in [6, 6.07) is 7.20. The fourth-order valence-corrected chi connectivity index (χ4v) is 3.31. The molecule has 0 bridgehead atoms. The normalized spacial score (nSPS) is 10.6. The van der Waals surface area contributed by atoms with Gasteiger partial charge in [-0.2, -0.15) is 0 Å². The predicted molar refractivity (Wildman–Crippen MR) is 96.5 cm³/mol. The minimum atomic E-state index is -0.229. The van der Waals surface area contributed by atoms with E-state index >= 15 is 0 Å².